The molecule has 3 aromatic rings. The van der Waals surface area contributed by atoms with Gasteiger partial charge in [0.15, 0.2) is 5.75 Å². The van der Waals surface area contributed by atoms with Crippen LogP contribution in [0.5, 0.6) is 11.5 Å². The average Bonchev–Trinajstić information content (AvgIpc) is 3.09. The van der Waals surface area contributed by atoms with Crippen molar-refractivity contribution in [2.24, 2.45) is 0 Å². The number of hydrogen-bond acceptors (Lipinski definition) is 5. The summed E-state index contributed by atoms with van der Waals surface area (Å²) in [7, 11) is 0.239. The maximum atomic E-state index is 13.4. The highest BCUT2D eigenvalue weighted by molar-refractivity contribution is 7.86. The van der Waals surface area contributed by atoms with Crippen LogP contribution in [0.2, 0.25) is 0 Å². The van der Waals surface area contributed by atoms with Crippen molar-refractivity contribution in [3.8, 4) is 11.5 Å². The molecule has 0 bridgehead atoms. The first kappa shape index (κ1) is 22.9. The molecule has 0 amide bonds. The fraction of sp³-hybridized carbons (Fsp3) is 0.364. The molecule has 32 heavy (non-hydrogen) atoms. The summed E-state index contributed by atoms with van der Waals surface area (Å²) in [6.45, 7) is 3.03. The lowest BCUT2D eigenvalue weighted by Crippen LogP contribution is -2.41. The summed E-state index contributed by atoms with van der Waals surface area (Å²) in [6.07, 6.45) is -3.58. The Balaban J connectivity index is 1.61. The van der Waals surface area contributed by atoms with Gasteiger partial charge in [-0.25, -0.2) is 4.21 Å². The first-order chi connectivity index (χ1) is 15.3. The van der Waals surface area contributed by atoms with Gasteiger partial charge < -0.3 is 14.4 Å². The fourth-order valence-electron chi connectivity index (χ4n) is 3.49. The van der Waals surface area contributed by atoms with Crippen molar-refractivity contribution in [1.29, 1.82) is 0 Å². The van der Waals surface area contributed by atoms with Gasteiger partial charge >= 0.3 is 6.36 Å². The number of fused-ring (bicyclic) bond motifs is 1. The first-order valence-corrected chi connectivity index (χ1v) is 12.2. The Hall–Kier alpha value is -2.30. The quantitative estimate of drug-likeness (QED) is 0.420. The number of nitrogens with zero attached hydrogens (tertiary/aromatic N) is 2. The minimum atomic E-state index is -4.74. The van der Waals surface area contributed by atoms with Gasteiger partial charge in [-0.1, -0.05) is 24.3 Å². The van der Waals surface area contributed by atoms with Crippen LogP contribution < -0.4 is 13.8 Å². The molecule has 4 rings (SSSR count). The Kier molecular flexibility index (Phi) is 6.92. The summed E-state index contributed by atoms with van der Waals surface area (Å²) < 4.78 is 63.2. The van der Waals surface area contributed by atoms with Crippen LogP contribution in [-0.4, -0.2) is 48.0 Å². The van der Waals surface area contributed by atoms with Crippen LogP contribution in [0.4, 0.5) is 18.2 Å². The highest BCUT2D eigenvalue weighted by Gasteiger charge is 2.31. The van der Waals surface area contributed by atoms with E-state index in [1.165, 1.54) is 23.5 Å². The third kappa shape index (κ3) is 5.36. The minimum absolute atomic E-state index is 0.266. The van der Waals surface area contributed by atoms with Gasteiger partial charge in [-0.3, -0.25) is 4.31 Å². The minimum Gasteiger partial charge on any atom is -0.493 e. The Morgan fingerprint density at radius 1 is 1.12 bits per heavy atom. The topological polar surface area (TPSA) is 42.0 Å². The zero-order valence-electron chi connectivity index (χ0n) is 17.4. The van der Waals surface area contributed by atoms with Gasteiger partial charge in [0.2, 0.25) is 0 Å². The van der Waals surface area contributed by atoms with Crippen molar-refractivity contribution in [1.82, 2.24) is 4.90 Å². The molecular weight excluding hydrogens is 461 g/mol. The molecule has 1 aliphatic heterocycles. The molecule has 10 heteroatoms. The highest BCUT2D eigenvalue weighted by Crippen LogP contribution is 2.45. The predicted octanol–water partition coefficient (Wildman–Crippen LogP) is 5.18. The number of rotatable bonds is 9. The molecule has 0 N–H and O–H groups in total. The van der Waals surface area contributed by atoms with E-state index in [0.717, 1.165) is 46.7 Å². The molecule has 2 heterocycles. The molecule has 172 valence electrons. The summed E-state index contributed by atoms with van der Waals surface area (Å²) >= 11 is 1.49. The summed E-state index contributed by atoms with van der Waals surface area (Å²) in [6, 6.07) is 13.5. The summed E-state index contributed by atoms with van der Waals surface area (Å²) in [5.74, 6) is 0.832. The van der Waals surface area contributed by atoms with Crippen molar-refractivity contribution in [3.63, 3.8) is 0 Å². The molecule has 0 saturated carbocycles. The normalized spacial score (nSPS) is 15.4. The number of methoxy groups -OCH3 is 1. The van der Waals surface area contributed by atoms with E-state index in [1.807, 2.05) is 24.3 Å². The van der Waals surface area contributed by atoms with Gasteiger partial charge in [0.1, 0.15) is 21.7 Å². The first-order valence-electron chi connectivity index (χ1n) is 10.1. The van der Waals surface area contributed by atoms with Gasteiger partial charge in [-0.05, 0) is 49.3 Å². The van der Waals surface area contributed by atoms with Gasteiger partial charge in [0.05, 0.1) is 19.4 Å². The number of halogens is 3. The number of likely N-dealkylation sites (tertiary alicyclic amines) is 1. The summed E-state index contributed by atoms with van der Waals surface area (Å²) in [5.41, 5.74) is 0.719. The SMILES string of the molecule is COc1c(N(Cc2ccc(OC(F)(F)F)cc2)S(=O)CCN2CCC2)sc2ccccc12. The zero-order valence-corrected chi connectivity index (χ0v) is 19.1. The van der Waals surface area contributed by atoms with E-state index < -0.39 is 17.3 Å². The molecule has 0 radical (unpaired) electrons. The number of alkyl halides is 3. The van der Waals surface area contributed by atoms with Crippen LogP contribution in [0.3, 0.4) is 0 Å². The molecule has 1 saturated heterocycles. The molecule has 1 unspecified atom stereocenters. The van der Waals surface area contributed by atoms with Crippen LogP contribution >= 0.6 is 11.3 Å². The molecule has 0 spiro atoms. The van der Waals surface area contributed by atoms with E-state index >= 15 is 0 Å². The van der Waals surface area contributed by atoms with Crippen LogP contribution in [0, 0.1) is 0 Å². The van der Waals surface area contributed by atoms with Gasteiger partial charge in [-0.15, -0.1) is 24.5 Å². The van der Waals surface area contributed by atoms with Crippen molar-refractivity contribution < 1.29 is 26.9 Å². The summed E-state index contributed by atoms with van der Waals surface area (Å²) in [5, 5.41) is 1.68. The molecular formula is C22H23F3N2O3S2. The van der Waals surface area contributed by atoms with E-state index in [-0.39, 0.29) is 12.3 Å². The average molecular weight is 485 g/mol. The van der Waals surface area contributed by atoms with E-state index in [4.69, 9.17) is 4.74 Å². The molecule has 2 aromatic carbocycles. The lowest BCUT2D eigenvalue weighted by atomic mass is 10.2. The largest absolute Gasteiger partial charge is 0.573 e. The van der Waals surface area contributed by atoms with Crippen LogP contribution in [0.25, 0.3) is 10.1 Å². The second-order valence-electron chi connectivity index (χ2n) is 7.39. The third-order valence-electron chi connectivity index (χ3n) is 5.22. The van der Waals surface area contributed by atoms with Crippen molar-refractivity contribution in [2.75, 3.05) is 36.8 Å². The molecule has 1 aromatic heterocycles. The number of hydrogen-bond donors (Lipinski definition) is 0. The molecule has 1 atom stereocenters. The van der Waals surface area contributed by atoms with Crippen molar-refractivity contribution in [3.05, 3.63) is 54.1 Å². The smallest absolute Gasteiger partial charge is 0.493 e. The van der Waals surface area contributed by atoms with Crippen LogP contribution in [0.1, 0.15) is 12.0 Å². The third-order valence-corrected chi connectivity index (χ3v) is 7.85. The molecule has 5 nitrogen and oxygen atoms in total. The number of benzene rings is 2. The second kappa shape index (κ2) is 9.68. The predicted molar refractivity (Wildman–Crippen MR) is 122 cm³/mol. The maximum Gasteiger partial charge on any atom is 0.573 e. The monoisotopic (exact) mass is 484 g/mol. The fourth-order valence-corrected chi connectivity index (χ4v) is 6.13. The maximum absolute atomic E-state index is 13.4. The lowest BCUT2D eigenvalue weighted by molar-refractivity contribution is -0.274. The van der Waals surface area contributed by atoms with Crippen LogP contribution in [-0.2, 0) is 17.5 Å². The van der Waals surface area contributed by atoms with E-state index in [0.29, 0.717) is 11.5 Å². The van der Waals surface area contributed by atoms with E-state index in [9.17, 15) is 17.4 Å². The number of anilines is 1. The van der Waals surface area contributed by atoms with Gasteiger partial charge in [0.25, 0.3) is 0 Å². The Labute approximate surface area is 190 Å². The molecule has 1 aliphatic rings. The van der Waals surface area contributed by atoms with Crippen LogP contribution in [0.15, 0.2) is 48.5 Å². The van der Waals surface area contributed by atoms with Gasteiger partial charge in [0, 0.05) is 16.6 Å². The second-order valence-corrected chi connectivity index (χ2v) is 9.91. The Morgan fingerprint density at radius 3 is 2.47 bits per heavy atom. The number of thiophene rings is 1. The van der Waals surface area contributed by atoms with E-state index in [1.54, 1.807) is 23.5 Å². The summed E-state index contributed by atoms with van der Waals surface area (Å²) in [4.78, 5) is 2.25. The molecule has 1 fully saturated rings. The Bertz CT molecular complexity index is 1080. The van der Waals surface area contributed by atoms with Gasteiger partial charge in [-0.2, -0.15) is 0 Å². The highest BCUT2D eigenvalue weighted by atomic mass is 32.2. The Morgan fingerprint density at radius 2 is 1.84 bits per heavy atom. The standard InChI is InChI=1S/C22H23F3N2O3S2/c1-29-20-18-5-2-3-6-19(18)31-21(20)27(32(28)14-13-26-11-4-12-26)15-16-7-9-17(10-8-16)30-22(23,24)25/h2-3,5-10H,4,11-15H2,1H3. The van der Waals surface area contributed by atoms with Crippen molar-refractivity contribution >= 4 is 37.4 Å². The lowest BCUT2D eigenvalue weighted by Gasteiger charge is -2.31. The van der Waals surface area contributed by atoms with E-state index in [2.05, 4.69) is 9.64 Å². The van der Waals surface area contributed by atoms with Crippen molar-refractivity contribution in [2.45, 2.75) is 19.3 Å². The zero-order chi connectivity index (χ0) is 22.7. The number of ether oxygens (including phenoxy) is 2. The molecule has 0 aliphatic carbocycles.